The third-order valence-corrected chi connectivity index (χ3v) is 2.84. The molecule has 0 heterocycles. The number of ether oxygens (including phenoxy) is 1. The maximum Gasteiger partial charge on any atom is 0.314 e. The zero-order chi connectivity index (χ0) is 15.9. The molecule has 1 amide bonds. The van der Waals surface area contributed by atoms with E-state index in [1.807, 2.05) is 51.1 Å². The third-order valence-electron chi connectivity index (χ3n) is 2.84. The largest absolute Gasteiger partial charge is 0.469 e. The van der Waals surface area contributed by atoms with Crippen molar-refractivity contribution in [2.45, 2.75) is 32.2 Å². The SMILES string of the molecule is COC(=O)C(CNCC(=O)NC(C)(C)C)c1ccccc1. The lowest BCUT2D eigenvalue weighted by atomic mass is 9.99. The van der Waals surface area contributed by atoms with Crippen LogP contribution in [0.2, 0.25) is 0 Å². The summed E-state index contributed by atoms with van der Waals surface area (Å²) in [5, 5.41) is 5.87. The number of benzene rings is 1. The predicted molar refractivity (Wildman–Crippen MR) is 82.0 cm³/mol. The Morgan fingerprint density at radius 1 is 1.19 bits per heavy atom. The highest BCUT2D eigenvalue weighted by atomic mass is 16.5. The van der Waals surface area contributed by atoms with Gasteiger partial charge in [-0.15, -0.1) is 0 Å². The van der Waals surface area contributed by atoms with E-state index in [-0.39, 0.29) is 24.0 Å². The lowest BCUT2D eigenvalue weighted by molar-refractivity contribution is -0.142. The van der Waals surface area contributed by atoms with Crippen LogP contribution in [0.25, 0.3) is 0 Å². The first-order chi connectivity index (χ1) is 9.83. The van der Waals surface area contributed by atoms with Crippen LogP contribution in [0.5, 0.6) is 0 Å². The molecule has 0 radical (unpaired) electrons. The van der Waals surface area contributed by atoms with Gasteiger partial charge in [-0.25, -0.2) is 0 Å². The summed E-state index contributed by atoms with van der Waals surface area (Å²) in [7, 11) is 1.37. The summed E-state index contributed by atoms with van der Waals surface area (Å²) in [6.45, 7) is 6.29. The Kier molecular flexibility index (Phi) is 6.37. The Morgan fingerprint density at radius 2 is 1.81 bits per heavy atom. The smallest absolute Gasteiger partial charge is 0.314 e. The number of carbonyl (C=O) groups is 2. The molecule has 5 nitrogen and oxygen atoms in total. The predicted octanol–water partition coefficient (Wildman–Crippen LogP) is 1.45. The molecular weight excluding hydrogens is 268 g/mol. The fourth-order valence-electron chi connectivity index (χ4n) is 1.96. The minimum Gasteiger partial charge on any atom is -0.469 e. The molecule has 5 heteroatoms. The van der Waals surface area contributed by atoms with Crippen molar-refractivity contribution in [2.75, 3.05) is 20.2 Å². The Morgan fingerprint density at radius 3 is 2.33 bits per heavy atom. The number of methoxy groups -OCH3 is 1. The molecule has 1 aromatic rings. The Balaban J connectivity index is 2.56. The van der Waals surface area contributed by atoms with E-state index in [1.54, 1.807) is 0 Å². The molecule has 2 N–H and O–H groups in total. The van der Waals surface area contributed by atoms with Crippen molar-refractivity contribution >= 4 is 11.9 Å². The summed E-state index contributed by atoms with van der Waals surface area (Å²) in [6.07, 6.45) is 0. The van der Waals surface area contributed by atoms with Gasteiger partial charge in [-0.05, 0) is 26.3 Å². The molecule has 116 valence electrons. The molecule has 0 fully saturated rings. The van der Waals surface area contributed by atoms with E-state index in [9.17, 15) is 9.59 Å². The van der Waals surface area contributed by atoms with E-state index in [0.29, 0.717) is 6.54 Å². The molecule has 1 atom stereocenters. The lowest BCUT2D eigenvalue weighted by Crippen LogP contribution is -2.45. The van der Waals surface area contributed by atoms with Gasteiger partial charge < -0.3 is 15.4 Å². The van der Waals surface area contributed by atoms with Crippen LogP contribution < -0.4 is 10.6 Å². The maximum absolute atomic E-state index is 11.9. The average molecular weight is 292 g/mol. The Bertz CT molecular complexity index is 466. The number of nitrogens with one attached hydrogen (secondary N) is 2. The normalized spacial score (nSPS) is 12.6. The van der Waals surface area contributed by atoms with Gasteiger partial charge in [0.15, 0.2) is 0 Å². The molecule has 0 aliphatic carbocycles. The number of esters is 1. The van der Waals surface area contributed by atoms with Gasteiger partial charge in [0, 0.05) is 12.1 Å². The van der Waals surface area contributed by atoms with Gasteiger partial charge >= 0.3 is 5.97 Å². The van der Waals surface area contributed by atoms with E-state index < -0.39 is 5.92 Å². The van der Waals surface area contributed by atoms with Gasteiger partial charge in [-0.3, -0.25) is 9.59 Å². The fourth-order valence-corrected chi connectivity index (χ4v) is 1.96. The lowest BCUT2D eigenvalue weighted by Gasteiger charge is -2.21. The van der Waals surface area contributed by atoms with Crippen LogP contribution in [0.3, 0.4) is 0 Å². The van der Waals surface area contributed by atoms with Gasteiger partial charge in [-0.2, -0.15) is 0 Å². The summed E-state index contributed by atoms with van der Waals surface area (Å²) in [5.41, 5.74) is 0.605. The Labute approximate surface area is 126 Å². The van der Waals surface area contributed by atoms with Crippen molar-refractivity contribution in [3.63, 3.8) is 0 Å². The molecule has 0 aromatic heterocycles. The van der Waals surface area contributed by atoms with Crippen molar-refractivity contribution < 1.29 is 14.3 Å². The second-order valence-electron chi connectivity index (χ2n) is 5.92. The molecule has 0 spiro atoms. The second-order valence-corrected chi connectivity index (χ2v) is 5.92. The van der Waals surface area contributed by atoms with Crippen molar-refractivity contribution in [3.05, 3.63) is 35.9 Å². The van der Waals surface area contributed by atoms with Crippen LogP contribution in [-0.4, -0.2) is 37.6 Å². The average Bonchev–Trinajstić information content (AvgIpc) is 2.42. The molecule has 0 bridgehead atoms. The number of hydrogen-bond acceptors (Lipinski definition) is 4. The van der Waals surface area contributed by atoms with Crippen LogP contribution in [-0.2, 0) is 14.3 Å². The number of hydrogen-bond donors (Lipinski definition) is 2. The highest BCUT2D eigenvalue weighted by Gasteiger charge is 2.21. The molecule has 0 aliphatic rings. The monoisotopic (exact) mass is 292 g/mol. The Hall–Kier alpha value is -1.88. The number of rotatable bonds is 6. The molecule has 1 unspecified atom stereocenters. The van der Waals surface area contributed by atoms with Crippen molar-refractivity contribution in [2.24, 2.45) is 0 Å². The van der Waals surface area contributed by atoms with Crippen molar-refractivity contribution in [1.82, 2.24) is 10.6 Å². The van der Waals surface area contributed by atoms with Gasteiger partial charge in [0.1, 0.15) is 0 Å². The summed E-state index contributed by atoms with van der Waals surface area (Å²) >= 11 is 0. The summed E-state index contributed by atoms with van der Waals surface area (Å²) < 4.78 is 4.83. The van der Waals surface area contributed by atoms with Crippen molar-refractivity contribution in [1.29, 1.82) is 0 Å². The van der Waals surface area contributed by atoms with Crippen LogP contribution in [0.4, 0.5) is 0 Å². The molecule has 0 saturated heterocycles. The van der Waals surface area contributed by atoms with E-state index in [1.165, 1.54) is 7.11 Å². The van der Waals surface area contributed by atoms with E-state index >= 15 is 0 Å². The minimum atomic E-state index is -0.418. The first-order valence-corrected chi connectivity index (χ1v) is 6.98. The summed E-state index contributed by atoms with van der Waals surface area (Å²) in [6, 6.07) is 9.38. The zero-order valence-corrected chi connectivity index (χ0v) is 13.1. The molecule has 1 aromatic carbocycles. The summed E-state index contributed by atoms with van der Waals surface area (Å²) in [5.74, 6) is -0.831. The van der Waals surface area contributed by atoms with Gasteiger partial charge in [-0.1, -0.05) is 30.3 Å². The van der Waals surface area contributed by atoms with Crippen LogP contribution in [0.15, 0.2) is 30.3 Å². The van der Waals surface area contributed by atoms with Gasteiger partial charge in [0.05, 0.1) is 19.6 Å². The standard InChI is InChI=1S/C16H24N2O3/c1-16(2,3)18-14(19)11-17-10-13(15(20)21-4)12-8-6-5-7-9-12/h5-9,13,17H,10-11H2,1-4H3,(H,18,19). The first kappa shape index (κ1) is 17.2. The quantitative estimate of drug-likeness (QED) is 0.779. The van der Waals surface area contributed by atoms with E-state index in [0.717, 1.165) is 5.56 Å². The third kappa shape index (κ3) is 6.40. The van der Waals surface area contributed by atoms with Crippen LogP contribution in [0.1, 0.15) is 32.3 Å². The fraction of sp³-hybridized carbons (Fsp3) is 0.500. The first-order valence-electron chi connectivity index (χ1n) is 6.98. The highest BCUT2D eigenvalue weighted by molar-refractivity contribution is 5.80. The highest BCUT2D eigenvalue weighted by Crippen LogP contribution is 2.16. The van der Waals surface area contributed by atoms with E-state index in [4.69, 9.17) is 4.74 Å². The van der Waals surface area contributed by atoms with Gasteiger partial charge in [0.25, 0.3) is 0 Å². The molecule has 0 saturated carbocycles. The molecule has 1 rings (SSSR count). The van der Waals surface area contributed by atoms with Crippen LogP contribution >= 0.6 is 0 Å². The molecule has 0 aliphatic heterocycles. The van der Waals surface area contributed by atoms with E-state index in [2.05, 4.69) is 10.6 Å². The van der Waals surface area contributed by atoms with Crippen molar-refractivity contribution in [3.8, 4) is 0 Å². The number of amides is 1. The molecule has 21 heavy (non-hydrogen) atoms. The summed E-state index contributed by atoms with van der Waals surface area (Å²) in [4.78, 5) is 23.6. The minimum absolute atomic E-state index is 0.0980. The maximum atomic E-state index is 11.9. The van der Waals surface area contributed by atoms with Crippen LogP contribution in [0, 0.1) is 0 Å². The topological polar surface area (TPSA) is 67.4 Å². The molecular formula is C16H24N2O3. The zero-order valence-electron chi connectivity index (χ0n) is 13.1. The van der Waals surface area contributed by atoms with Gasteiger partial charge in [0.2, 0.25) is 5.91 Å². The number of carbonyl (C=O) groups excluding carboxylic acids is 2. The second kappa shape index (κ2) is 7.78.